The number of furan rings is 1. The molecule has 0 spiro atoms. The normalized spacial score (nSPS) is 22.8. The van der Waals surface area contributed by atoms with Crippen molar-refractivity contribution in [1.82, 2.24) is 15.1 Å². The van der Waals surface area contributed by atoms with Gasteiger partial charge < -0.3 is 19.4 Å². The summed E-state index contributed by atoms with van der Waals surface area (Å²) in [4.78, 5) is 9.70. The molecule has 0 aromatic carbocycles. The lowest BCUT2D eigenvalue weighted by Gasteiger charge is -2.45. The monoisotopic (exact) mass is 336 g/mol. The molecule has 1 aromatic rings. The molecule has 6 nitrogen and oxygen atoms in total. The summed E-state index contributed by atoms with van der Waals surface area (Å²) in [5.74, 6) is 2.00. The Kier molecular flexibility index (Phi) is 7.59. The van der Waals surface area contributed by atoms with Gasteiger partial charge in [-0.25, -0.2) is 0 Å². The molecule has 0 saturated carbocycles. The van der Waals surface area contributed by atoms with Gasteiger partial charge in [0.15, 0.2) is 5.96 Å². The first-order valence-corrected chi connectivity index (χ1v) is 8.96. The van der Waals surface area contributed by atoms with Crippen LogP contribution in [0.25, 0.3) is 0 Å². The molecule has 0 radical (unpaired) electrons. The van der Waals surface area contributed by atoms with E-state index in [0.717, 1.165) is 57.5 Å². The predicted octanol–water partition coefficient (Wildman–Crippen LogP) is 1.83. The molecule has 0 amide bonds. The van der Waals surface area contributed by atoms with E-state index < -0.39 is 0 Å². The average Bonchev–Trinajstić information content (AvgIpc) is 3.06. The molecular weight excluding hydrogens is 304 g/mol. The highest BCUT2D eigenvalue weighted by Crippen LogP contribution is 2.15. The fraction of sp³-hybridized carbons (Fsp3) is 0.722. The first-order valence-electron chi connectivity index (χ1n) is 8.96. The summed E-state index contributed by atoms with van der Waals surface area (Å²) in [6.45, 7) is 12.0. The number of ether oxygens (including phenoxy) is 1. The van der Waals surface area contributed by atoms with Gasteiger partial charge in [-0.2, -0.15) is 0 Å². The lowest BCUT2D eigenvalue weighted by molar-refractivity contribution is 0.0444. The number of nitrogens with one attached hydrogen (secondary N) is 1. The molecule has 24 heavy (non-hydrogen) atoms. The van der Waals surface area contributed by atoms with Gasteiger partial charge in [0.2, 0.25) is 0 Å². The molecule has 2 atom stereocenters. The van der Waals surface area contributed by atoms with Crippen molar-refractivity contribution in [3.63, 3.8) is 0 Å². The van der Waals surface area contributed by atoms with Gasteiger partial charge in [0, 0.05) is 58.3 Å². The molecule has 0 aliphatic carbocycles. The van der Waals surface area contributed by atoms with Crippen molar-refractivity contribution in [3.8, 4) is 0 Å². The van der Waals surface area contributed by atoms with Crippen LogP contribution >= 0.6 is 0 Å². The second-order valence-corrected chi connectivity index (χ2v) is 6.40. The zero-order chi connectivity index (χ0) is 17.4. The molecule has 2 rings (SSSR count). The number of aliphatic imine (C=N–C) groups is 1. The lowest BCUT2D eigenvalue weighted by atomic mass is 10.1. The van der Waals surface area contributed by atoms with Crippen molar-refractivity contribution in [3.05, 3.63) is 24.2 Å². The zero-order valence-electron chi connectivity index (χ0n) is 15.5. The fourth-order valence-electron chi connectivity index (χ4n) is 3.32. The zero-order valence-corrected chi connectivity index (χ0v) is 15.5. The van der Waals surface area contributed by atoms with Crippen LogP contribution < -0.4 is 5.32 Å². The molecular formula is C18H32N4O2. The maximum atomic E-state index is 5.38. The summed E-state index contributed by atoms with van der Waals surface area (Å²) >= 11 is 0. The number of hydrogen-bond acceptors (Lipinski definition) is 4. The summed E-state index contributed by atoms with van der Waals surface area (Å²) in [7, 11) is 1.76. The maximum absolute atomic E-state index is 5.38. The number of piperazine rings is 1. The van der Waals surface area contributed by atoms with E-state index >= 15 is 0 Å². The second-order valence-electron chi connectivity index (χ2n) is 6.40. The van der Waals surface area contributed by atoms with E-state index in [1.807, 2.05) is 12.1 Å². The van der Waals surface area contributed by atoms with Crippen LogP contribution in [0.15, 0.2) is 27.8 Å². The Morgan fingerprint density at radius 1 is 1.38 bits per heavy atom. The Hall–Kier alpha value is -1.53. The van der Waals surface area contributed by atoms with Gasteiger partial charge >= 0.3 is 0 Å². The van der Waals surface area contributed by atoms with Crippen LogP contribution in [0, 0.1) is 0 Å². The van der Waals surface area contributed by atoms with Gasteiger partial charge in [0.1, 0.15) is 5.76 Å². The van der Waals surface area contributed by atoms with Crippen LogP contribution in [0.3, 0.4) is 0 Å². The minimum Gasteiger partial charge on any atom is -0.469 e. The van der Waals surface area contributed by atoms with Gasteiger partial charge in [-0.15, -0.1) is 0 Å². The minimum absolute atomic E-state index is 0.484. The Balaban J connectivity index is 1.94. The third kappa shape index (κ3) is 5.24. The quantitative estimate of drug-likeness (QED) is 0.608. The van der Waals surface area contributed by atoms with Crippen LogP contribution in [0.5, 0.6) is 0 Å². The Bertz CT molecular complexity index is 477. The fourth-order valence-corrected chi connectivity index (χ4v) is 3.32. The highest BCUT2D eigenvalue weighted by atomic mass is 16.5. The SMILES string of the molecule is CCNC(=NCCc1ccco1)N1CC(C)N(CCOC)C(C)C1. The Morgan fingerprint density at radius 3 is 2.71 bits per heavy atom. The third-order valence-corrected chi connectivity index (χ3v) is 4.49. The maximum Gasteiger partial charge on any atom is 0.194 e. The number of hydrogen-bond donors (Lipinski definition) is 1. The van der Waals surface area contributed by atoms with Gasteiger partial charge in [0.05, 0.1) is 12.9 Å². The summed E-state index contributed by atoms with van der Waals surface area (Å²) < 4.78 is 10.6. The average molecular weight is 336 g/mol. The molecule has 6 heteroatoms. The van der Waals surface area contributed by atoms with Gasteiger partial charge in [-0.05, 0) is 32.9 Å². The number of methoxy groups -OCH3 is 1. The van der Waals surface area contributed by atoms with E-state index in [-0.39, 0.29) is 0 Å². The molecule has 0 bridgehead atoms. The standard InChI is InChI=1S/C18H32N4O2/c1-5-19-18(20-9-8-17-7-6-11-24-17)21-13-15(2)22(10-12-23-4)16(3)14-21/h6-7,11,15-16H,5,8-10,12-14H2,1-4H3,(H,19,20). The van der Waals surface area contributed by atoms with Crippen molar-refractivity contribution in [2.75, 3.05) is 46.4 Å². The molecule has 136 valence electrons. The number of rotatable bonds is 7. The van der Waals surface area contributed by atoms with E-state index in [1.165, 1.54) is 0 Å². The van der Waals surface area contributed by atoms with Crippen LogP contribution in [0.4, 0.5) is 0 Å². The van der Waals surface area contributed by atoms with Gasteiger partial charge in [0.25, 0.3) is 0 Å². The molecule has 1 fully saturated rings. The first kappa shape index (κ1) is 18.8. The van der Waals surface area contributed by atoms with Crippen LogP contribution in [-0.2, 0) is 11.2 Å². The molecule has 1 aromatic heterocycles. The molecule has 1 aliphatic heterocycles. The van der Waals surface area contributed by atoms with Crippen molar-refractivity contribution in [2.45, 2.75) is 39.3 Å². The van der Waals surface area contributed by atoms with Crippen molar-refractivity contribution >= 4 is 5.96 Å². The first-order chi connectivity index (χ1) is 11.7. The van der Waals surface area contributed by atoms with E-state index in [2.05, 4.69) is 35.9 Å². The number of nitrogens with zero attached hydrogens (tertiary/aromatic N) is 3. The van der Waals surface area contributed by atoms with Crippen molar-refractivity contribution in [2.24, 2.45) is 4.99 Å². The van der Waals surface area contributed by atoms with Crippen LogP contribution in [-0.4, -0.2) is 74.3 Å². The largest absolute Gasteiger partial charge is 0.469 e. The molecule has 2 heterocycles. The molecule has 1 N–H and O–H groups in total. The van der Waals surface area contributed by atoms with Crippen LogP contribution in [0.1, 0.15) is 26.5 Å². The summed E-state index contributed by atoms with van der Waals surface area (Å²) in [6, 6.07) is 4.89. The molecule has 1 saturated heterocycles. The van der Waals surface area contributed by atoms with E-state index in [9.17, 15) is 0 Å². The van der Waals surface area contributed by atoms with Crippen molar-refractivity contribution in [1.29, 1.82) is 0 Å². The van der Waals surface area contributed by atoms with E-state index in [1.54, 1.807) is 13.4 Å². The summed E-state index contributed by atoms with van der Waals surface area (Å²) in [5.41, 5.74) is 0. The van der Waals surface area contributed by atoms with E-state index in [0.29, 0.717) is 12.1 Å². The number of guanidine groups is 1. The van der Waals surface area contributed by atoms with Crippen LogP contribution in [0.2, 0.25) is 0 Å². The highest BCUT2D eigenvalue weighted by molar-refractivity contribution is 5.80. The third-order valence-electron chi connectivity index (χ3n) is 4.49. The summed E-state index contributed by atoms with van der Waals surface area (Å²) in [6.07, 6.45) is 2.55. The smallest absolute Gasteiger partial charge is 0.194 e. The lowest BCUT2D eigenvalue weighted by Crippen LogP contribution is -2.60. The van der Waals surface area contributed by atoms with Gasteiger partial charge in [-0.3, -0.25) is 9.89 Å². The second kappa shape index (κ2) is 9.69. The van der Waals surface area contributed by atoms with Crippen molar-refractivity contribution < 1.29 is 9.15 Å². The Labute approximate surface area is 145 Å². The highest BCUT2D eigenvalue weighted by Gasteiger charge is 2.30. The summed E-state index contributed by atoms with van der Waals surface area (Å²) in [5, 5.41) is 3.43. The molecule has 1 aliphatic rings. The van der Waals surface area contributed by atoms with E-state index in [4.69, 9.17) is 14.1 Å². The Morgan fingerprint density at radius 2 is 2.12 bits per heavy atom. The minimum atomic E-state index is 0.484. The predicted molar refractivity (Wildman–Crippen MR) is 97.5 cm³/mol. The molecule has 2 unspecified atom stereocenters. The van der Waals surface area contributed by atoms with Gasteiger partial charge in [-0.1, -0.05) is 0 Å². The topological polar surface area (TPSA) is 53.2 Å².